The van der Waals surface area contributed by atoms with E-state index < -0.39 is 5.41 Å². The lowest BCUT2D eigenvalue weighted by molar-refractivity contribution is 0.748. The molecule has 15 rings (SSSR count). The molecule has 0 fully saturated rings. The molecule has 1 aliphatic heterocycles. The van der Waals surface area contributed by atoms with Crippen molar-refractivity contribution in [1.29, 1.82) is 0 Å². The zero-order chi connectivity index (χ0) is 45.9. The zero-order valence-corrected chi connectivity index (χ0v) is 38.2. The van der Waals surface area contributed by atoms with E-state index >= 15 is 0 Å². The van der Waals surface area contributed by atoms with Crippen LogP contribution in [0.5, 0.6) is 0 Å². The Kier molecular flexibility index (Phi) is 8.28. The van der Waals surface area contributed by atoms with E-state index in [1.807, 2.05) is 0 Å². The van der Waals surface area contributed by atoms with Crippen LogP contribution in [0.4, 0.5) is 17.1 Å². The van der Waals surface area contributed by atoms with Gasteiger partial charge in [0.2, 0.25) is 0 Å². The van der Waals surface area contributed by atoms with Crippen LogP contribution in [0.1, 0.15) is 22.3 Å². The van der Waals surface area contributed by atoms with Crippen LogP contribution in [0.25, 0.3) is 88.4 Å². The SMILES string of the molecule is c1ccc(-c2ccccc2-c2ccccc2N(c2ccc(-n3c4ccccc4c4ccccc43)cc2)c2ccc3c(c2)c2cccc4c2n3-c2ccccc2C42c3ccccc3-c3ccccc32)cc1. The fraction of sp³-hybridized carbons (Fsp3) is 0.0149. The summed E-state index contributed by atoms with van der Waals surface area (Å²) in [6, 6.07) is 96.5. The molecule has 0 radical (unpaired) electrons. The summed E-state index contributed by atoms with van der Waals surface area (Å²) in [4.78, 5) is 2.47. The second-order valence-corrected chi connectivity index (χ2v) is 18.7. The maximum atomic E-state index is 2.54. The number of rotatable bonds is 6. The van der Waals surface area contributed by atoms with Crippen molar-refractivity contribution in [2.75, 3.05) is 4.90 Å². The Bertz CT molecular complexity index is 4150. The van der Waals surface area contributed by atoms with E-state index in [2.05, 4.69) is 275 Å². The number of nitrogens with zero attached hydrogens (tertiary/aromatic N) is 3. The predicted octanol–water partition coefficient (Wildman–Crippen LogP) is 17.4. The molecule has 0 N–H and O–H groups in total. The molecule has 0 amide bonds. The van der Waals surface area contributed by atoms with E-state index in [0.29, 0.717) is 0 Å². The van der Waals surface area contributed by atoms with Gasteiger partial charge >= 0.3 is 0 Å². The van der Waals surface area contributed by atoms with Crippen molar-refractivity contribution in [2.45, 2.75) is 5.41 Å². The minimum absolute atomic E-state index is 0.467. The van der Waals surface area contributed by atoms with E-state index in [-0.39, 0.29) is 0 Å². The van der Waals surface area contributed by atoms with Gasteiger partial charge in [0.25, 0.3) is 0 Å². The van der Waals surface area contributed by atoms with E-state index in [0.717, 1.165) is 28.3 Å². The quantitative estimate of drug-likeness (QED) is 0.162. The Morgan fingerprint density at radius 1 is 0.300 bits per heavy atom. The first kappa shape index (κ1) is 38.9. The highest BCUT2D eigenvalue weighted by Crippen LogP contribution is 2.61. The molecule has 0 atom stereocenters. The fourth-order valence-corrected chi connectivity index (χ4v) is 12.6. The third kappa shape index (κ3) is 5.29. The van der Waals surface area contributed by atoms with Gasteiger partial charge in [0, 0.05) is 44.2 Å². The number of hydrogen-bond acceptors (Lipinski definition) is 1. The summed E-state index contributed by atoms with van der Waals surface area (Å²) in [5, 5.41) is 4.97. The Hall–Kier alpha value is -9.18. The predicted molar refractivity (Wildman–Crippen MR) is 292 cm³/mol. The van der Waals surface area contributed by atoms with Crippen LogP contribution in [0, 0.1) is 0 Å². The lowest BCUT2D eigenvalue weighted by Crippen LogP contribution is -2.33. The van der Waals surface area contributed by atoms with Gasteiger partial charge in [0.05, 0.1) is 38.9 Å². The molecule has 13 aromatic rings. The largest absolute Gasteiger partial charge is 0.310 e. The number of hydrogen-bond donors (Lipinski definition) is 0. The Balaban J connectivity index is 0.979. The molecular formula is C67H43N3. The van der Waals surface area contributed by atoms with Crippen molar-refractivity contribution in [1.82, 2.24) is 9.13 Å². The average molecular weight is 890 g/mol. The summed E-state index contributed by atoms with van der Waals surface area (Å²) in [6.45, 7) is 0. The van der Waals surface area contributed by atoms with Crippen molar-refractivity contribution in [3.05, 3.63) is 283 Å². The zero-order valence-electron chi connectivity index (χ0n) is 38.2. The van der Waals surface area contributed by atoms with Crippen LogP contribution in [0.3, 0.4) is 0 Å². The van der Waals surface area contributed by atoms with Crippen LogP contribution < -0.4 is 4.90 Å². The third-order valence-electron chi connectivity index (χ3n) is 15.3. The number of benzene rings is 11. The van der Waals surface area contributed by atoms with Crippen molar-refractivity contribution in [3.8, 4) is 44.8 Å². The highest BCUT2D eigenvalue weighted by Gasteiger charge is 2.50. The van der Waals surface area contributed by atoms with E-state index in [9.17, 15) is 0 Å². The first-order chi connectivity index (χ1) is 34.8. The third-order valence-corrected chi connectivity index (χ3v) is 15.3. The Morgan fingerprint density at radius 2 is 0.814 bits per heavy atom. The minimum Gasteiger partial charge on any atom is -0.310 e. The van der Waals surface area contributed by atoms with Gasteiger partial charge in [-0.3, -0.25) is 0 Å². The Labute approximate surface area is 406 Å². The topological polar surface area (TPSA) is 13.1 Å². The van der Waals surface area contributed by atoms with Gasteiger partial charge < -0.3 is 14.0 Å². The number of anilines is 3. The summed E-state index contributed by atoms with van der Waals surface area (Å²) in [6.07, 6.45) is 0. The molecule has 2 aromatic heterocycles. The number of fused-ring (bicyclic) bond motifs is 15. The van der Waals surface area contributed by atoms with Gasteiger partial charge in [-0.25, -0.2) is 0 Å². The molecule has 3 heterocycles. The van der Waals surface area contributed by atoms with Crippen LogP contribution in [-0.4, -0.2) is 9.13 Å². The highest BCUT2D eigenvalue weighted by molar-refractivity contribution is 6.14. The van der Waals surface area contributed by atoms with Gasteiger partial charge in [0.1, 0.15) is 0 Å². The molecule has 1 spiro atoms. The molecule has 3 nitrogen and oxygen atoms in total. The summed E-state index contributed by atoms with van der Waals surface area (Å²) in [7, 11) is 0. The summed E-state index contributed by atoms with van der Waals surface area (Å²) >= 11 is 0. The summed E-state index contributed by atoms with van der Waals surface area (Å²) in [5.41, 5.74) is 22.7. The van der Waals surface area contributed by atoms with Gasteiger partial charge in [0.15, 0.2) is 0 Å². The molecular weight excluding hydrogens is 847 g/mol. The molecule has 11 aromatic carbocycles. The molecule has 0 saturated carbocycles. The first-order valence-electron chi connectivity index (χ1n) is 24.3. The second-order valence-electron chi connectivity index (χ2n) is 18.7. The maximum absolute atomic E-state index is 2.54. The fourth-order valence-electron chi connectivity index (χ4n) is 12.6. The van der Waals surface area contributed by atoms with Gasteiger partial charge in [-0.1, -0.05) is 194 Å². The molecule has 326 valence electrons. The lowest BCUT2D eigenvalue weighted by Gasteiger charge is -2.39. The van der Waals surface area contributed by atoms with Crippen LogP contribution in [0.15, 0.2) is 261 Å². The lowest BCUT2D eigenvalue weighted by atomic mass is 9.65. The number of aromatic nitrogens is 2. The Morgan fingerprint density at radius 3 is 1.53 bits per heavy atom. The van der Waals surface area contributed by atoms with Crippen LogP contribution >= 0.6 is 0 Å². The molecule has 2 aliphatic rings. The first-order valence-corrected chi connectivity index (χ1v) is 24.3. The average Bonchev–Trinajstić information content (AvgIpc) is 4.06. The molecule has 1 aliphatic carbocycles. The molecule has 0 bridgehead atoms. The molecule has 0 unspecified atom stereocenters. The standard InChI is InChI=1S/C67H43N3/c1-2-19-44(20-3-1)48-21-4-5-22-49(48)52-25-8-14-33-61(52)68(45-37-39-46(40-38-45)69-62-34-15-9-26-53(62)54-27-10-16-35-63(54)69)47-41-42-64-56(43-47)55-28-18-32-60-66(55)70(64)65-36-17-13-31-59(65)67(60)57-29-11-6-23-50(57)51-24-7-12-30-58(51)67/h1-43H. The van der Waals surface area contributed by atoms with Gasteiger partial charge in [-0.05, 0) is 117 Å². The maximum Gasteiger partial charge on any atom is 0.0754 e. The highest BCUT2D eigenvalue weighted by atomic mass is 15.1. The van der Waals surface area contributed by atoms with Gasteiger partial charge in [-0.15, -0.1) is 0 Å². The van der Waals surface area contributed by atoms with Crippen molar-refractivity contribution in [2.24, 2.45) is 0 Å². The summed E-state index contributed by atoms with van der Waals surface area (Å²) < 4.78 is 4.94. The van der Waals surface area contributed by atoms with Crippen molar-refractivity contribution in [3.63, 3.8) is 0 Å². The van der Waals surface area contributed by atoms with Crippen molar-refractivity contribution < 1.29 is 0 Å². The molecule has 0 saturated heterocycles. The van der Waals surface area contributed by atoms with E-state index in [4.69, 9.17) is 0 Å². The van der Waals surface area contributed by atoms with Crippen LogP contribution in [-0.2, 0) is 5.41 Å². The monoisotopic (exact) mass is 889 g/mol. The van der Waals surface area contributed by atoms with Gasteiger partial charge in [-0.2, -0.15) is 0 Å². The second kappa shape index (κ2) is 14.9. The number of para-hydroxylation sites is 5. The normalized spacial score (nSPS) is 13.0. The minimum atomic E-state index is -0.467. The van der Waals surface area contributed by atoms with Crippen LogP contribution in [0.2, 0.25) is 0 Å². The van der Waals surface area contributed by atoms with E-state index in [1.54, 1.807) is 0 Å². The smallest absolute Gasteiger partial charge is 0.0754 e. The molecule has 3 heteroatoms. The molecule has 70 heavy (non-hydrogen) atoms. The summed E-state index contributed by atoms with van der Waals surface area (Å²) in [5.74, 6) is 0. The van der Waals surface area contributed by atoms with Crippen molar-refractivity contribution >= 4 is 60.7 Å². The van der Waals surface area contributed by atoms with E-state index in [1.165, 1.54) is 99.4 Å².